The lowest BCUT2D eigenvalue weighted by Gasteiger charge is -2.32. The summed E-state index contributed by atoms with van der Waals surface area (Å²) in [6.45, 7) is 9.55. The van der Waals surface area contributed by atoms with E-state index >= 15 is 0 Å². The van der Waals surface area contributed by atoms with Crippen molar-refractivity contribution in [2.24, 2.45) is 11.8 Å². The van der Waals surface area contributed by atoms with E-state index in [0.717, 1.165) is 12.8 Å². The normalized spacial score (nSPS) is 20.9. The van der Waals surface area contributed by atoms with Crippen molar-refractivity contribution in [2.45, 2.75) is 58.4 Å². The molecule has 0 amide bonds. The molecule has 1 aromatic heterocycles. The van der Waals surface area contributed by atoms with Crippen molar-refractivity contribution in [1.82, 2.24) is 4.57 Å². The molecule has 0 saturated carbocycles. The van der Waals surface area contributed by atoms with Crippen LogP contribution in [-0.4, -0.2) is 4.57 Å². The second-order valence-corrected chi connectivity index (χ2v) is 15.0. The summed E-state index contributed by atoms with van der Waals surface area (Å²) in [6, 6.07) is 43.4. The van der Waals surface area contributed by atoms with Gasteiger partial charge in [-0.3, -0.25) is 0 Å². The van der Waals surface area contributed by atoms with E-state index in [1.807, 2.05) is 0 Å². The van der Waals surface area contributed by atoms with Gasteiger partial charge in [-0.05, 0) is 113 Å². The Balaban J connectivity index is 1.11. The first-order valence-electron chi connectivity index (χ1n) is 18.1. The summed E-state index contributed by atoms with van der Waals surface area (Å²) in [5, 5.41) is 2.71. The fraction of sp³-hybridized carbons (Fsp3) is 0.234. The largest absolute Gasteiger partial charge is 0.333 e. The van der Waals surface area contributed by atoms with Crippen LogP contribution >= 0.6 is 0 Å². The van der Waals surface area contributed by atoms with Crippen LogP contribution in [0.3, 0.4) is 0 Å². The highest BCUT2D eigenvalue weighted by Gasteiger charge is 2.36. The van der Waals surface area contributed by atoms with Crippen molar-refractivity contribution < 1.29 is 0 Å². The molecule has 3 aliphatic carbocycles. The van der Waals surface area contributed by atoms with Crippen molar-refractivity contribution in [3.63, 3.8) is 0 Å². The molecule has 2 heteroatoms. The van der Waals surface area contributed by atoms with Gasteiger partial charge in [0.1, 0.15) is 0 Å². The molecule has 0 N–H and O–H groups in total. The Bertz CT molecular complexity index is 2330. The Labute approximate surface area is 290 Å². The molecule has 9 rings (SSSR count). The Hall–Kier alpha value is -5.08. The van der Waals surface area contributed by atoms with Gasteiger partial charge >= 0.3 is 0 Å². The fourth-order valence-electron chi connectivity index (χ4n) is 8.95. The van der Waals surface area contributed by atoms with Crippen molar-refractivity contribution in [1.29, 1.82) is 0 Å². The third-order valence-corrected chi connectivity index (χ3v) is 11.9. The van der Waals surface area contributed by atoms with Crippen LogP contribution in [-0.2, 0) is 5.41 Å². The maximum atomic E-state index is 2.60. The van der Waals surface area contributed by atoms with E-state index < -0.39 is 0 Å². The lowest BCUT2D eigenvalue weighted by Crippen LogP contribution is -2.23. The number of benzene rings is 5. The van der Waals surface area contributed by atoms with Crippen molar-refractivity contribution in [2.75, 3.05) is 4.90 Å². The first kappa shape index (κ1) is 30.0. The summed E-state index contributed by atoms with van der Waals surface area (Å²) in [7, 11) is 0. The molecule has 0 radical (unpaired) electrons. The molecule has 242 valence electrons. The standard InChI is InChI=1S/C47H44N2/c1-31-13-12-20-44(32(31)2)49-45-19-11-9-17-40(45)41-29-34(23-28-46(41)49)33-21-24-36(25-22-33)48(35-14-6-5-7-15-35)37-26-27-39-38-16-8-10-18-42(38)47(3,4)43(39)30-37/h5-12,14-21,23-24,26-32,44H,13,22,25H2,1-4H3. The number of allylic oxidation sites excluding steroid dienone is 6. The molecule has 5 aromatic carbocycles. The summed E-state index contributed by atoms with van der Waals surface area (Å²) in [4.78, 5) is 2.48. The van der Waals surface area contributed by atoms with Gasteiger partial charge in [-0.15, -0.1) is 0 Å². The van der Waals surface area contributed by atoms with Crippen molar-refractivity contribution in [3.8, 4) is 11.1 Å². The highest BCUT2D eigenvalue weighted by atomic mass is 15.1. The van der Waals surface area contributed by atoms with Crippen LogP contribution < -0.4 is 4.90 Å². The minimum absolute atomic E-state index is 0.0381. The lowest BCUT2D eigenvalue weighted by molar-refractivity contribution is 0.297. The van der Waals surface area contributed by atoms with Crippen LogP contribution in [0.25, 0.3) is 38.5 Å². The fourth-order valence-corrected chi connectivity index (χ4v) is 8.95. The van der Waals surface area contributed by atoms with Crippen LogP contribution in [0.4, 0.5) is 11.4 Å². The Kier molecular flexibility index (Phi) is 7.06. The van der Waals surface area contributed by atoms with Crippen LogP contribution in [0.15, 0.2) is 145 Å². The van der Waals surface area contributed by atoms with E-state index in [0.29, 0.717) is 17.9 Å². The number of anilines is 2. The average Bonchev–Trinajstić information content (AvgIpc) is 3.58. The van der Waals surface area contributed by atoms with Crippen LogP contribution in [0.2, 0.25) is 0 Å². The number of fused-ring (bicyclic) bond motifs is 6. The molecule has 3 unspecified atom stereocenters. The number of nitrogens with zero attached hydrogens (tertiary/aromatic N) is 2. The third-order valence-electron chi connectivity index (χ3n) is 11.9. The number of para-hydroxylation sites is 2. The molecule has 0 saturated heterocycles. The highest BCUT2D eigenvalue weighted by Crippen LogP contribution is 2.50. The zero-order valence-corrected chi connectivity index (χ0v) is 29.0. The number of hydrogen-bond donors (Lipinski definition) is 0. The average molecular weight is 637 g/mol. The van der Waals surface area contributed by atoms with Gasteiger partial charge in [-0.25, -0.2) is 0 Å². The molecule has 6 aromatic rings. The molecule has 2 nitrogen and oxygen atoms in total. The lowest BCUT2D eigenvalue weighted by atomic mass is 9.82. The van der Waals surface area contributed by atoms with Gasteiger partial charge in [0.15, 0.2) is 0 Å². The van der Waals surface area contributed by atoms with Gasteiger partial charge in [0.05, 0.1) is 6.04 Å². The maximum absolute atomic E-state index is 2.60. The van der Waals surface area contributed by atoms with E-state index in [-0.39, 0.29) is 5.41 Å². The van der Waals surface area contributed by atoms with Crippen LogP contribution in [0.1, 0.15) is 69.7 Å². The smallest absolute Gasteiger partial charge is 0.0550 e. The monoisotopic (exact) mass is 636 g/mol. The number of aromatic nitrogens is 1. The van der Waals surface area contributed by atoms with Crippen LogP contribution in [0.5, 0.6) is 0 Å². The molecule has 0 aliphatic heterocycles. The molecule has 1 heterocycles. The van der Waals surface area contributed by atoms with Gasteiger partial charge in [-0.1, -0.05) is 119 Å². The second kappa shape index (κ2) is 11.5. The SMILES string of the molecule is CC1CC=CC(n2c3ccccc3c3cc(C4=CC=C(N(c5ccccc5)c5ccc6c(c5)C(C)(C)c5ccccc5-6)CC4)ccc32)C1C. The number of hydrogen-bond acceptors (Lipinski definition) is 1. The summed E-state index contributed by atoms with van der Waals surface area (Å²) >= 11 is 0. The van der Waals surface area contributed by atoms with Gasteiger partial charge in [0.25, 0.3) is 0 Å². The van der Waals surface area contributed by atoms with Crippen molar-refractivity contribution >= 4 is 38.8 Å². The molecule has 0 fully saturated rings. The third kappa shape index (κ3) is 4.76. The Morgan fingerprint density at radius 3 is 2.24 bits per heavy atom. The quantitative estimate of drug-likeness (QED) is 0.171. The van der Waals surface area contributed by atoms with E-state index in [9.17, 15) is 0 Å². The molecule has 49 heavy (non-hydrogen) atoms. The molecular weight excluding hydrogens is 593 g/mol. The topological polar surface area (TPSA) is 8.17 Å². The first-order chi connectivity index (χ1) is 23.9. The van der Waals surface area contributed by atoms with Gasteiger partial charge in [0, 0.05) is 44.3 Å². The van der Waals surface area contributed by atoms with Gasteiger partial charge in [0.2, 0.25) is 0 Å². The molecule has 3 aliphatic rings. The molecule has 0 spiro atoms. The predicted molar refractivity (Wildman–Crippen MR) is 208 cm³/mol. The predicted octanol–water partition coefficient (Wildman–Crippen LogP) is 12.8. The molecular formula is C47H44N2. The minimum Gasteiger partial charge on any atom is -0.333 e. The summed E-state index contributed by atoms with van der Waals surface area (Å²) < 4.78 is 2.60. The van der Waals surface area contributed by atoms with E-state index in [2.05, 4.69) is 177 Å². The Morgan fingerprint density at radius 2 is 1.41 bits per heavy atom. The van der Waals surface area contributed by atoms with E-state index in [1.54, 1.807) is 0 Å². The first-order valence-corrected chi connectivity index (χ1v) is 18.1. The van der Waals surface area contributed by atoms with E-state index in [4.69, 9.17) is 0 Å². The zero-order valence-electron chi connectivity index (χ0n) is 29.0. The summed E-state index contributed by atoms with van der Waals surface area (Å²) in [5.41, 5.74) is 14.7. The van der Waals surface area contributed by atoms with Crippen molar-refractivity contribution in [3.05, 3.63) is 162 Å². The van der Waals surface area contributed by atoms with Crippen LogP contribution in [0, 0.1) is 11.8 Å². The van der Waals surface area contributed by atoms with E-state index in [1.165, 1.54) is 78.7 Å². The minimum atomic E-state index is -0.0381. The molecule has 0 bridgehead atoms. The zero-order chi connectivity index (χ0) is 33.3. The highest BCUT2D eigenvalue weighted by molar-refractivity contribution is 6.09. The maximum Gasteiger partial charge on any atom is 0.0550 e. The van der Waals surface area contributed by atoms with Gasteiger partial charge in [-0.2, -0.15) is 0 Å². The summed E-state index contributed by atoms with van der Waals surface area (Å²) in [6.07, 6.45) is 12.7. The Morgan fingerprint density at radius 1 is 0.653 bits per heavy atom. The molecule has 3 atom stereocenters. The van der Waals surface area contributed by atoms with Gasteiger partial charge < -0.3 is 9.47 Å². The number of rotatable bonds is 5. The second-order valence-electron chi connectivity index (χ2n) is 15.0. The summed E-state index contributed by atoms with van der Waals surface area (Å²) in [5.74, 6) is 1.27.